The first-order valence-electron chi connectivity index (χ1n) is 31.0. The molecule has 0 amide bonds. The van der Waals surface area contributed by atoms with Crippen LogP contribution < -0.4 is 4.74 Å². The van der Waals surface area contributed by atoms with Crippen LogP contribution in [0.25, 0.3) is 0 Å². The van der Waals surface area contributed by atoms with Crippen LogP contribution in [0.15, 0.2) is 24.3 Å². The molecule has 0 aliphatic heterocycles. The topological polar surface area (TPSA) is 38.7 Å². The maximum Gasteiger partial charge on any atom is 0.118 e. The van der Waals surface area contributed by atoms with Crippen molar-refractivity contribution in [2.75, 3.05) is 20.3 Å². The van der Waals surface area contributed by atoms with E-state index in [2.05, 4.69) is 39.8 Å². The third-order valence-electron chi connectivity index (χ3n) is 15.0. The van der Waals surface area contributed by atoms with Gasteiger partial charge in [-0.05, 0) is 42.4 Å². The van der Waals surface area contributed by atoms with Gasteiger partial charge in [-0.25, -0.2) is 0 Å². The summed E-state index contributed by atoms with van der Waals surface area (Å²) in [5.41, 5.74) is 1.23. The maximum atomic E-state index is 8.85. The Labute approximate surface area is 423 Å². The average Bonchev–Trinajstić information content (AvgIpc) is 3.35. The quantitative estimate of drug-likeness (QED) is 0.0662. The Kier molecular flexibility index (Phi) is 56.6. The molecule has 0 saturated heterocycles. The van der Waals surface area contributed by atoms with E-state index in [4.69, 9.17) is 14.6 Å². The highest BCUT2D eigenvalue weighted by Gasteiger charge is 2.10. The number of rotatable bonds is 54. The molecular formula is C64H124O3. The Morgan fingerprint density at radius 2 is 0.582 bits per heavy atom. The normalized spacial score (nSPS) is 12.3. The van der Waals surface area contributed by atoms with Crippen LogP contribution in [0.5, 0.6) is 5.75 Å². The van der Waals surface area contributed by atoms with Crippen molar-refractivity contribution in [1.29, 1.82) is 0 Å². The smallest absolute Gasteiger partial charge is 0.118 e. The molecule has 0 bridgehead atoms. The van der Waals surface area contributed by atoms with E-state index in [0.29, 0.717) is 13.2 Å². The molecular weight excluding hydrogens is 817 g/mol. The van der Waals surface area contributed by atoms with Crippen LogP contribution in [-0.4, -0.2) is 25.4 Å². The number of hydrogen-bond donors (Lipinski definition) is 1. The number of aliphatic hydroxyl groups excluding tert-OH is 1. The number of hydrogen-bond acceptors (Lipinski definition) is 3. The van der Waals surface area contributed by atoms with Gasteiger partial charge in [-0.15, -0.1) is 0 Å². The summed E-state index contributed by atoms with van der Waals surface area (Å²) < 4.78 is 11.1. The Bertz CT molecular complexity index is 987. The second-order valence-corrected chi connectivity index (χ2v) is 21.5. The lowest BCUT2D eigenvalue weighted by atomic mass is 9.89. The van der Waals surface area contributed by atoms with Gasteiger partial charge >= 0.3 is 0 Å². The summed E-state index contributed by atoms with van der Waals surface area (Å²) in [6, 6.07) is 8.19. The number of unbranched alkanes of at least 4 members (excludes halogenated alkanes) is 36. The van der Waals surface area contributed by atoms with Gasteiger partial charge in [0.05, 0.1) is 13.7 Å². The van der Waals surface area contributed by atoms with Crippen molar-refractivity contribution in [3.8, 4) is 5.75 Å². The maximum absolute atomic E-state index is 8.85. The minimum absolute atomic E-state index is 0.374. The summed E-state index contributed by atoms with van der Waals surface area (Å²) >= 11 is 0. The number of ether oxygens (including phenoxy) is 2. The van der Waals surface area contributed by atoms with Crippen molar-refractivity contribution in [1.82, 2.24) is 0 Å². The van der Waals surface area contributed by atoms with Gasteiger partial charge in [0.25, 0.3) is 0 Å². The van der Waals surface area contributed by atoms with Gasteiger partial charge in [0.15, 0.2) is 0 Å². The molecule has 3 nitrogen and oxygen atoms in total. The molecule has 0 aliphatic rings. The molecule has 0 spiro atoms. The van der Waals surface area contributed by atoms with Crippen molar-refractivity contribution >= 4 is 0 Å². The lowest BCUT2D eigenvalue weighted by molar-refractivity contribution is 0.116. The van der Waals surface area contributed by atoms with Gasteiger partial charge in [0.2, 0.25) is 0 Å². The standard InChI is InChI=1S/C36H66O2.C28H58O/c1-4-6-8-10-12-14-18-22-26-34(25-21-17-11-9-7-5-2)27-23-19-15-13-16-20-24-32-38-33-35-28-30-36(37-3)31-29-35;1-3-5-7-9-11-13-17-21-25-28(24-20-16-10-8-6-4-2)26-22-18-14-12-15-19-23-27-29/h28-31,34H,4-27,32-33H2,1-3H3;28-29H,3-27H2,1-2H3. The van der Waals surface area contributed by atoms with Crippen LogP contribution in [0.3, 0.4) is 0 Å². The van der Waals surface area contributed by atoms with Crippen LogP contribution in [0, 0.1) is 11.8 Å². The van der Waals surface area contributed by atoms with E-state index < -0.39 is 0 Å². The highest BCUT2D eigenvalue weighted by atomic mass is 16.5. The summed E-state index contributed by atoms with van der Waals surface area (Å²) in [7, 11) is 1.71. The van der Waals surface area contributed by atoms with E-state index in [1.54, 1.807) is 7.11 Å². The SMILES string of the molecule is CCCCCCCCCCC(CCCCCCCC)CCCCCCCCCO.CCCCCCCCCCC(CCCCCCCC)CCCCCCCCCOCc1ccc(OC)cc1. The Balaban J connectivity index is 0.00000135. The van der Waals surface area contributed by atoms with E-state index in [1.165, 1.54) is 307 Å². The van der Waals surface area contributed by atoms with Crippen molar-refractivity contribution < 1.29 is 14.6 Å². The number of methoxy groups -OCH3 is 1. The molecule has 0 fully saturated rings. The van der Waals surface area contributed by atoms with Gasteiger partial charge in [0, 0.05) is 13.2 Å². The zero-order valence-corrected chi connectivity index (χ0v) is 46.8. The monoisotopic (exact) mass is 941 g/mol. The highest BCUT2D eigenvalue weighted by molar-refractivity contribution is 5.26. The second-order valence-electron chi connectivity index (χ2n) is 21.5. The first kappa shape index (κ1) is 65.9. The lowest BCUT2D eigenvalue weighted by Gasteiger charge is -2.17. The minimum Gasteiger partial charge on any atom is -0.497 e. The summed E-state index contributed by atoms with van der Waals surface area (Å²) in [5.74, 6) is 2.92. The van der Waals surface area contributed by atoms with E-state index in [1.807, 2.05) is 12.1 Å². The van der Waals surface area contributed by atoms with Crippen molar-refractivity contribution in [3.63, 3.8) is 0 Å². The summed E-state index contributed by atoms with van der Waals surface area (Å²) in [5, 5.41) is 8.85. The van der Waals surface area contributed by atoms with Crippen LogP contribution in [-0.2, 0) is 11.3 Å². The fourth-order valence-corrected chi connectivity index (χ4v) is 10.3. The summed E-state index contributed by atoms with van der Waals surface area (Å²) in [4.78, 5) is 0. The summed E-state index contributed by atoms with van der Waals surface area (Å²) in [6.45, 7) is 11.2. The largest absolute Gasteiger partial charge is 0.497 e. The Morgan fingerprint density at radius 1 is 0.328 bits per heavy atom. The van der Waals surface area contributed by atoms with Gasteiger partial charge in [-0.1, -0.05) is 335 Å². The predicted octanol–water partition coefficient (Wildman–Crippen LogP) is 22.2. The molecule has 1 rings (SSSR count). The fourth-order valence-electron chi connectivity index (χ4n) is 10.3. The molecule has 0 saturated carbocycles. The van der Waals surface area contributed by atoms with Gasteiger partial charge in [-0.2, -0.15) is 0 Å². The molecule has 2 unspecified atom stereocenters. The number of benzene rings is 1. The van der Waals surface area contributed by atoms with Gasteiger partial charge in [-0.3, -0.25) is 0 Å². The third-order valence-corrected chi connectivity index (χ3v) is 15.0. The minimum atomic E-state index is 0.374. The lowest BCUT2D eigenvalue weighted by Crippen LogP contribution is -2.02. The Morgan fingerprint density at radius 3 is 0.851 bits per heavy atom. The molecule has 1 aromatic rings. The van der Waals surface area contributed by atoms with Crippen LogP contribution in [0.1, 0.15) is 341 Å². The molecule has 0 radical (unpaired) electrons. The Hall–Kier alpha value is -1.06. The highest BCUT2D eigenvalue weighted by Crippen LogP contribution is 2.27. The molecule has 2 atom stereocenters. The first-order chi connectivity index (χ1) is 33.1. The zero-order chi connectivity index (χ0) is 48.6. The molecule has 1 aromatic carbocycles. The van der Waals surface area contributed by atoms with E-state index in [9.17, 15) is 0 Å². The summed E-state index contributed by atoms with van der Waals surface area (Å²) in [6.07, 6.45) is 68.3. The predicted molar refractivity (Wildman–Crippen MR) is 301 cm³/mol. The first-order valence-corrected chi connectivity index (χ1v) is 31.0. The van der Waals surface area contributed by atoms with E-state index >= 15 is 0 Å². The van der Waals surface area contributed by atoms with E-state index in [-0.39, 0.29) is 0 Å². The molecule has 0 heterocycles. The molecule has 1 N–H and O–H groups in total. The fraction of sp³-hybridized carbons (Fsp3) is 0.906. The van der Waals surface area contributed by atoms with Crippen molar-refractivity contribution in [3.05, 3.63) is 29.8 Å². The molecule has 0 aliphatic carbocycles. The average molecular weight is 942 g/mol. The molecule has 3 heteroatoms. The molecule has 0 aromatic heterocycles. The molecule has 67 heavy (non-hydrogen) atoms. The van der Waals surface area contributed by atoms with Crippen molar-refractivity contribution in [2.24, 2.45) is 11.8 Å². The van der Waals surface area contributed by atoms with Crippen LogP contribution >= 0.6 is 0 Å². The van der Waals surface area contributed by atoms with Gasteiger partial charge < -0.3 is 14.6 Å². The van der Waals surface area contributed by atoms with Crippen molar-refractivity contribution in [2.45, 2.75) is 343 Å². The van der Waals surface area contributed by atoms with Crippen LogP contribution in [0.4, 0.5) is 0 Å². The molecule has 398 valence electrons. The van der Waals surface area contributed by atoms with Crippen LogP contribution in [0.2, 0.25) is 0 Å². The van der Waals surface area contributed by atoms with E-state index in [0.717, 1.165) is 30.6 Å². The third kappa shape index (κ3) is 51.1. The number of aliphatic hydroxyl groups is 1. The second kappa shape index (κ2) is 57.5. The van der Waals surface area contributed by atoms with Gasteiger partial charge in [0.1, 0.15) is 5.75 Å². The zero-order valence-electron chi connectivity index (χ0n) is 46.8.